The number of benzene rings is 1. The summed E-state index contributed by atoms with van der Waals surface area (Å²) < 4.78 is -1.51. The monoisotopic (exact) mass is 550 g/mol. The van der Waals surface area contributed by atoms with Gasteiger partial charge in [0.25, 0.3) is 0 Å². The SMILES string of the molecule is Clc1c(Cl)c(Cl)c2c(c1Cl)[C@H]1C[C@@H]2[C@@H]2[C@H]1[C@]1(Cl)[C@@H](Cl)[C@@H](Cl)[C@@]2(Cl)C1(Cl)Cl. The Morgan fingerprint density at radius 2 is 0.962 bits per heavy atom. The van der Waals surface area contributed by atoms with Crippen molar-refractivity contribution in [1.82, 2.24) is 0 Å². The van der Waals surface area contributed by atoms with Crippen molar-refractivity contribution in [3.63, 3.8) is 0 Å². The van der Waals surface area contributed by atoms with E-state index in [0.717, 1.165) is 17.5 Å². The van der Waals surface area contributed by atoms with Crippen LogP contribution in [0.5, 0.6) is 0 Å². The minimum absolute atomic E-state index is 0.0693. The molecule has 5 rings (SSSR count). The van der Waals surface area contributed by atoms with Crippen molar-refractivity contribution >= 4 is 116 Å². The molecule has 8 atom stereocenters. The number of alkyl halides is 6. The first kappa shape index (κ1) is 20.0. The first-order chi connectivity index (χ1) is 11.9. The van der Waals surface area contributed by atoms with Crippen LogP contribution in [0.3, 0.4) is 0 Å². The molecule has 0 N–H and O–H groups in total. The van der Waals surface area contributed by atoms with Gasteiger partial charge in [-0.25, -0.2) is 0 Å². The zero-order valence-corrected chi connectivity index (χ0v) is 20.0. The predicted molar refractivity (Wildman–Crippen MR) is 114 cm³/mol. The van der Waals surface area contributed by atoms with Gasteiger partial charge in [-0.2, -0.15) is 0 Å². The van der Waals surface area contributed by atoms with Crippen LogP contribution in [0.25, 0.3) is 0 Å². The Balaban J connectivity index is 1.81. The predicted octanol–water partition coefficient (Wildman–Crippen LogP) is 8.49. The zero-order valence-electron chi connectivity index (χ0n) is 12.5. The highest BCUT2D eigenvalue weighted by atomic mass is 35.5. The van der Waals surface area contributed by atoms with Gasteiger partial charge in [0.1, 0.15) is 9.75 Å². The lowest BCUT2D eigenvalue weighted by atomic mass is 9.68. The third-order valence-corrected chi connectivity index (χ3v) is 13.4. The fraction of sp³-hybridized carbons (Fsp3) is 0.625. The van der Waals surface area contributed by atoms with E-state index in [1.54, 1.807) is 0 Å². The lowest BCUT2D eigenvalue weighted by molar-refractivity contribution is 0.251. The average Bonchev–Trinajstić information content (AvgIpc) is 3.22. The summed E-state index contributed by atoms with van der Waals surface area (Å²) in [4.78, 5) is -2.40. The second-order valence-electron chi connectivity index (χ2n) is 7.50. The molecular weight excluding hydrogens is 547 g/mol. The molecule has 0 spiro atoms. The Kier molecular flexibility index (Phi) is 4.37. The molecule has 0 radical (unpaired) electrons. The second-order valence-corrected chi connectivity index (χ2v) is 12.5. The van der Waals surface area contributed by atoms with Crippen LogP contribution in [-0.4, -0.2) is 24.8 Å². The van der Waals surface area contributed by atoms with Crippen LogP contribution >= 0.6 is 116 Å². The molecule has 3 fully saturated rings. The summed E-state index contributed by atoms with van der Waals surface area (Å²) in [5.74, 6) is -0.532. The maximum absolute atomic E-state index is 7.05. The first-order valence-corrected chi connectivity index (χ1v) is 11.7. The second kappa shape index (κ2) is 5.67. The van der Waals surface area contributed by atoms with Gasteiger partial charge in [-0.3, -0.25) is 0 Å². The Morgan fingerprint density at radius 1 is 0.615 bits per heavy atom. The minimum Gasteiger partial charge on any atom is -0.119 e. The van der Waals surface area contributed by atoms with Crippen molar-refractivity contribution in [2.75, 3.05) is 0 Å². The van der Waals surface area contributed by atoms with E-state index in [-0.39, 0.29) is 33.7 Å². The maximum Gasteiger partial charge on any atom is 0.159 e. The van der Waals surface area contributed by atoms with E-state index in [0.29, 0.717) is 10.0 Å². The molecule has 26 heavy (non-hydrogen) atoms. The van der Waals surface area contributed by atoms with Crippen molar-refractivity contribution in [3.05, 3.63) is 31.2 Å². The van der Waals surface area contributed by atoms with Crippen molar-refractivity contribution in [3.8, 4) is 0 Å². The molecule has 0 saturated heterocycles. The molecule has 4 aliphatic carbocycles. The summed E-state index contributed by atoms with van der Waals surface area (Å²) in [6.07, 6.45) is 0.751. The third-order valence-electron chi connectivity index (χ3n) is 6.84. The van der Waals surface area contributed by atoms with E-state index in [2.05, 4.69) is 0 Å². The van der Waals surface area contributed by atoms with Crippen LogP contribution < -0.4 is 0 Å². The highest BCUT2D eigenvalue weighted by molar-refractivity contribution is 6.63. The quantitative estimate of drug-likeness (QED) is 0.131. The molecule has 0 aromatic heterocycles. The van der Waals surface area contributed by atoms with Gasteiger partial charge in [-0.1, -0.05) is 69.6 Å². The van der Waals surface area contributed by atoms with Gasteiger partial charge in [0.05, 0.1) is 30.8 Å². The summed E-state index contributed by atoms with van der Waals surface area (Å²) in [5.41, 5.74) is 1.70. The molecule has 0 heterocycles. The number of hydrogen-bond donors (Lipinski definition) is 0. The number of fused-ring (bicyclic) bond motifs is 12. The molecule has 1 aromatic carbocycles. The summed E-state index contributed by atoms with van der Waals surface area (Å²) in [5, 5.41) is -0.156. The molecule has 4 aliphatic rings. The van der Waals surface area contributed by atoms with Crippen LogP contribution in [0, 0.1) is 11.8 Å². The van der Waals surface area contributed by atoms with E-state index < -0.39 is 24.8 Å². The Hall–Kier alpha value is 2.12. The van der Waals surface area contributed by atoms with Crippen LogP contribution in [0.4, 0.5) is 0 Å². The number of halogens is 10. The molecule has 0 aliphatic heterocycles. The standard InChI is InChI=1S/C16H8Cl10/c17-8-4-2-1-3(5(4)9(18)11(20)10(8)19)7-6(2)14(23)12(21)13(22)15(7,24)16(14,25)26/h2-3,6-7,12-13H,1H2/t2-,3+,6+,7-,12+,13-,14+,15-. The van der Waals surface area contributed by atoms with Gasteiger partial charge in [-0.15, -0.1) is 46.4 Å². The topological polar surface area (TPSA) is 0 Å². The fourth-order valence-electron chi connectivity index (χ4n) is 6.01. The zero-order chi connectivity index (χ0) is 19.1. The fourth-order valence-corrected chi connectivity index (χ4v) is 10.7. The van der Waals surface area contributed by atoms with E-state index in [9.17, 15) is 0 Å². The molecule has 142 valence electrons. The Bertz CT molecular complexity index is 800. The molecule has 1 aromatic rings. The van der Waals surface area contributed by atoms with Gasteiger partial charge in [0.15, 0.2) is 4.33 Å². The van der Waals surface area contributed by atoms with E-state index in [1.807, 2.05) is 0 Å². The smallest absolute Gasteiger partial charge is 0.119 e. The van der Waals surface area contributed by atoms with Crippen molar-refractivity contribution in [2.45, 2.75) is 43.1 Å². The van der Waals surface area contributed by atoms with Gasteiger partial charge in [0, 0.05) is 0 Å². The molecule has 0 unspecified atom stereocenters. The maximum atomic E-state index is 7.05. The molecule has 0 amide bonds. The first-order valence-electron chi connectivity index (χ1n) is 7.83. The molecule has 10 heteroatoms. The lowest BCUT2D eigenvalue weighted by Crippen LogP contribution is -2.51. The highest BCUT2D eigenvalue weighted by Crippen LogP contribution is 2.84. The lowest BCUT2D eigenvalue weighted by Gasteiger charge is -2.45. The van der Waals surface area contributed by atoms with E-state index in [1.165, 1.54) is 0 Å². The van der Waals surface area contributed by atoms with Crippen LogP contribution in [-0.2, 0) is 0 Å². The Labute approximate surface area is 200 Å². The summed E-state index contributed by atoms with van der Waals surface area (Å²) in [6, 6.07) is 0. The molecule has 4 bridgehead atoms. The highest BCUT2D eigenvalue weighted by Gasteiger charge is 2.89. The van der Waals surface area contributed by atoms with Gasteiger partial charge in [-0.05, 0) is 41.2 Å². The normalized spacial score (nSPS) is 49.6. The largest absolute Gasteiger partial charge is 0.159 e. The Morgan fingerprint density at radius 3 is 1.31 bits per heavy atom. The molecule has 0 nitrogen and oxygen atoms in total. The van der Waals surface area contributed by atoms with Crippen molar-refractivity contribution in [2.24, 2.45) is 11.8 Å². The minimum atomic E-state index is -1.51. The summed E-state index contributed by atoms with van der Waals surface area (Å²) in [7, 11) is 0. The van der Waals surface area contributed by atoms with Gasteiger partial charge >= 0.3 is 0 Å². The van der Waals surface area contributed by atoms with Crippen molar-refractivity contribution < 1.29 is 0 Å². The van der Waals surface area contributed by atoms with Crippen LogP contribution in [0.1, 0.15) is 29.4 Å². The molecule has 3 saturated carbocycles. The van der Waals surface area contributed by atoms with E-state index >= 15 is 0 Å². The average molecular weight is 555 g/mol. The number of hydrogen-bond acceptors (Lipinski definition) is 0. The van der Waals surface area contributed by atoms with Crippen molar-refractivity contribution in [1.29, 1.82) is 0 Å². The summed E-state index contributed by atoms with van der Waals surface area (Å²) >= 11 is 66.5. The third kappa shape index (κ3) is 1.78. The number of rotatable bonds is 0. The molecular formula is C16H8Cl10. The van der Waals surface area contributed by atoms with Crippen LogP contribution in [0.2, 0.25) is 20.1 Å². The van der Waals surface area contributed by atoms with Gasteiger partial charge < -0.3 is 0 Å². The summed E-state index contributed by atoms with van der Waals surface area (Å²) in [6.45, 7) is 0. The van der Waals surface area contributed by atoms with Gasteiger partial charge in [0.2, 0.25) is 0 Å². The van der Waals surface area contributed by atoms with E-state index in [4.69, 9.17) is 116 Å². The van der Waals surface area contributed by atoms with Crippen LogP contribution in [0.15, 0.2) is 0 Å².